The molecule has 0 radical (unpaired) electrons. The lowest BCUT2D eigenvalue weighted by Gasteiger charge is -2.11. The highest BCUT2D eigenvalue weighted by Crippen LogP contribution is 2.42. The molecule has 0 spiro atoms. The minimum Gasteiger partial charge on any atom is -0.495 e. The summed E-state index contributed by atoms with van der Waals surface area (Å²) in [4.78, 5) is 10.5. The third-order valence-corrected chi connectivity index (χ3v) is 2.80. The maximum Gasteiger partial charge on any atom is 0.145 e. The second kappa shape index (κ2) is 4.11. The zero-order valence-corrected chi connectivity index (χ0v) is 9.13. The minimum atomic E-state index is 0.316. The summed E-state index contributed by atoms with van der Waals surface area (Å²) in [5, 5.41) is 0.476. The number of benzene rings is 1. The van der Waals surface area contributed by atoms with Gasteiger partial charge in [-0.25, -0.2) is 0 Å². The molecule has 0 bridgehead atoms. The Bertz CT molecular complexity index is 401. The van der Waals surface area contributed by atoms with E-state index in [1.807, 2.05) is 6.07 Å². The Morgan fingerprint density at radius 1 is 1.67 bits per heavy atom. The summed E-state index contributed by atoms with van der Waals surface area (Å²) >= 11 is 6.13. The molecule has 0 amide bonds. The monoisotopic (exact) mass is 226 g/mol. The van der Waals surface area contributed by atoms with E-state index in [4.69, 9.17) is 21.1 Å². The zero-order chi connectivity index (χ0) is 10.8. The Morgan fingerprint density at radius 2 is 2.47 bits per heavy atom. The third kappa shape index (κ3) is 1.67. The van der Waals surface area contributed by atoms with Crippen LogP contribution in [0, 0.1) is 0 Å². The molecular formula is C11H11ClO3. The van der Waals surface area contributed by atoms with Gasteiger partial charge in [-0.05, 0) is 11.6 Å². The fourth-order valence-corrected chi connectivity index (χ4v) is 2.17. The average Bonchev–Trinajstić information content (AvgIpc) is 2.67. The molecule has 1 heterocycles. The van der Waals surface area contributed by atoms with Crippen LogP contribution in [0.4, 0.5) is 0 Å². The van der Waals surface area contributed by atoms with Crippen molar-refractivity contribution in [1.29, 1.82) is 0 Å². The molecule has 0 aliphatic carbocycles. The van der Waals surface area contributed by atoms with Crippen molar-refractivity contribution >= 4 is 17.9 Å². The van der Waals surface area contributed by atoms with Crippen molar-refractivity contribution in [2.75, 3.05) is 13.7 Å². The largest absolute Gasteiger partial charge is 0.495 e. The molecule has 1 aliphatic rings. The van der Waals surface area contributed by atoms with Crippen LogP contribution in [-0.4, -0.2) is 20.0 Å². The van der Waals surface area contributed by atoms with Crippen molar-refractivity contribution in [2.45, 2.75) is 12.8 Å². The predicted octanol–water partition coefficient (Wildman–Crippen LogP) is 2.02. The van der Waals surface area contributed by atoms with Gasteiger partial charge < -0.3 is 14.3 Å². The van der Waals surface area contributed by atoms with Gasteiger partial charge in [-0.1, -0.05) is 11.6 Å². The summed E-state index contributed by atoms with van der Waals surface area (Å²) in [5.41, 5.74) is 1.87. The highest BCUT2D eigenvalue weighted by Gasteiger charge is 2.22. The normalized spacial score (nSPS) is 13.2. The van der Waals surface area contributed by atoms with Gasteiger partial charge in [0, 0.05) is 18.4 Å². The Hall–Kier alpha value is -1.22. The molecule has 2 rings (SSSR count). The van der Waals surface area contributed by atoms with Gasteiger partial charge >= 0.3 is 0 Å². The molecule has 1 aromatic carbocycles. The fraction of sp³-hybridized carbons (Fsp3) is 0.364. The molecule has 0 atom stereocenters. The van der Waals surface area contributed by atoms with Gasteiger partial charge in [0.25, 0.3) is 0 Å². The van der Waals surface area contributed by atoms with Crippen molar-refractivity contribution in [3.8, 4) is 11.5 Å². The molecule has 80 valence electrons. The average molecular weight is 227 g/mol. The van der Waals surface area contributed by atoms with Gasteiger partial charge in [-0.2, -0.15) is 0 Å². The second-order valence-electron chi connectivity index (χ2n) is 3.34. The number of ether oxygens (including phenoxy) is 2. The van der Waals surface area contributed by atoms with Crippen molar-refractivity contribution in [2.24, 2.45) is 0 Å². The lowest BCUT2D eigenvalue weighted by atomic mass is 10.1. The minimum absolute atomic E-state index is 0.316. The van der Waals surface area contributed by atoms with E-state index in [0.717, 1.165) is 23.8 Å². The number of rotatable bonds is 3. The molecule has 15 heavy (non-hydrogen) atoms. The van der Waals surface area contributed by atoms with Gasteiger partial charge in [0.2, 0.25) is 0 Å². The molecule has 0 fully saturated rings. The molecule has 0 N–H and O–H groups in total. The van der Waals surface area contributed by atoms with Gasteiger partial charge in [0.15, 0.2) is 0 Å². The molecule has 0 unspecified atom stereocenters. The fourth-order valence-electron chi connectivity index (χ4n) is 1.79. The first-order chi connectivity index (χ1) is 7.27. The Morgan fingerprint density at radius 3 is 3.13 bits per heavy atom. The second-order valence-corrected chi connectivity index (χ2v) is 3.72. The van der Waals surface area contributed by atoms with Crippen molar-refractivity contribution in [1.82, 2.24) is 0 Å². The van der Waals surface area contributed by atoms with Gasteiger partial charge in [0.1, 0.15) is 22.8 Å². The number of fused-ring (bicyclic) bond motifs is 1. The number of carbonyl (C=O) groups is 1. The summed E-state index contributed by atoms with van der Waals surface area (Å²) in [6.07, 6.45) is 2.00. The van der Waals surface area contributed by atoms with Gasteiger partial charge in [-0.3, -0.25) is 0 Å². The Labute approximate surface area is 92.9 Å². The lowest BCUT2D eigenvalue weighted by molar-refractivity contribution is -0.107. The molecule has 3 nitrogen and oxygen atoms in total. The number of hydrogen-bond acceptors (Lipinski definition) is 3. The van der Waals surface area contributed by atoms with E-state index in [0.29, 0.717) is 29.5 Å². The van der Waals surface area contributed by atoms with Crippen molar-refractivity contribution in [3.63, 3.8) is 0 Å². The van der Waals surface area contributed by atoms with Crippen LogP contribution >= 0.6 is 11.6 Å². The third-order valence-electron chi connectivity index (χ3n) is 2.46. The van der Waals surface area contributed by atoms with E-state index in [1.54, 1.807) is 0 Å². The quantitative estimate of drug-likeness (QED) is 0.740. The van der Waals surface area contributed by atoms with E-state index in [9.17, 15) is 4.79 Å². The summed E-state index contributed by atoms with van der Waals surface area (Å²) in [7, 11) is 1.54. The molecule has 0 saturated carbocycles. The standard InChI is InChI=1S/C11H11ClO3/c1-14-10-7(2-4-13)6-8-3-5-15-11(8)9(10)12/h4,6H,2-3,5H2,1H3. The van der Waals surface area contributed by atoms with E-state index in [1.165, 1.54) is 7.11 Å². The molecular weight excluding hydrogens is 216 g/mol. The summed E-state index contributed by atoms with van der Waals surface area (Å²) < 4.78 is 10.6. The van der Waals surface area contributed by atoms with Crippen LogP contribution in [-0.2, 0) is 17.6 Å². The van der Waals surface area contributed by atoms with Crippen LogP contribution < -0.4 is 9.47 Å². The zero-order valence-electron chi connectivity index (χ0n) is 8.38. The first-order valence-electron chi connectivity index (χ1n) is 4.72. The van der Waals surface area contributed by atoms with Crippen LogP contribution in [0.5, 0.6) is 11.5 Å². The van der Waals surface area contributed by atoms with Crippen LogP contribution in [0.3, 0.4) is 0 Å². The van der Waals surface area contributed by atoms with Crippen LogP contribution in [0.25, 0.3) is 0 Å². The van der Waals surface area contributed by atoms with E-state index in [2.05, 4.69) is 0 Å². The lowest BCUT2D eigenvalue weighted by Crippen LogP contribution is -1.96. The van der Waals surface area contributed by atoms with Crippen LogP contribution in [0.1, 0.15) is 11.1 Å². The van der Waals surface area contributed by atoms with E-state index in [-0.39, 0.29) is 0 Å². The molecule has 1 aliphatic heterocycles. The maximum absolute atomic E-state index is 10.5. The highest BCUT2D eigenvalue weighted by atomic mass is 35.5. The van der Waals surface area contributed by atoms with Gasteiger partial charge in [0.05, 0.1) is 13.7 Å². The molecule has 4 heteroatoms. The molecule has 1 aromatic rings. The Balaban J connectivity index is 2.55. The van der Waals surface area contributed by atoms with Crippen LogP contribution in [0.15, 0.2) is 6.07 Å². The first-order valence-corrected chi connectivity index (χ1v) is 5.10. The smallest absolute Gasteiger partial charge is 0.145 e. The topological polar surface area (TPSA) is 35.5 Å². The number of aldehydes is 1. The van der Waals surface area contributed by atoms with Crippen molar-refractivity contribution < 1.29 is 14.3 Å². The summed E-state index contributed by atoms with van der Waals surface area (Å²) in [5.74, 6) is 1.24. The number of hydrogen-bond donors (Lipinski definition) is 0. The molecule has 0 aromatic heterocycles. The maximum atomic E-state index is 10.5. The van der Waals surface area contributed by atoms with Crippen molar-refractivity contribution in [3.05, 3.63) is 22.2 Å². The van der Waals surface area contributed by atoms with E-state index < -0.39 is 0 Å². The van der Waals surface area contributed by atoms with Crippen LogP contribution in [0.2, 0.25) is 5.02 Å². The summed E-state index contributed by atoms with van der Waals surface area (Å²) in [6, 6.07) is 1.93. The summed E-state index contributed by atoms with van der Waals surface area (Å²) in [6.45, 7) is 0.642. The number of carbonyl (C=O) groups excluding carboxylic acids is 1. The van der Waals surface area contributed by atoms with E-state index >= 15 is 0 Å². The Kier molecular flexibility index (Phi) is 2.82. The predicted molar refractivity (Wildman–Crippen MR) is 57.0 cm³/mol. The SMILES string of the molecule is COc1c(CC=O)cc2c(c1Cl)OCC2. The number of methoxy groups -OCH3 is 1. The first kappa shape index (κ1) is 10.3. The highest BCUT2D eigenvalue weighted by molar-refractivity contribution is 6.33. The number of halogens is 1. The molecule has 0 saturated heterocycles. The van der Waals surface area contributed by atoms with Gasteiger partial charge in [-0.15, -0.1) is 0 Å².